The van der Waals surface area contributed by atoms with E-state index >= 15 is 0 Å². The zero-order valence-electron chi connectivity index (χ0n) is 15.3. The van der Waals surface area contributed by atoms with Gasteiger partial charge in [-0.1, -0.05) is 127 Å². The zero-order valence-corrected chi connectivity index (χ0v) is 17.8. The first kappa shape index (κ1) is 19.3. The van der Waals surface area contributed by atoms with Gasteiger partial charge >= 0.3 is 0 Å². The Balaban J connectivity index is 1.86. The zero-order chi connectivity index (χ0) is 18.2. The summed E-state index contributed by atoms with van der Waals surface area (Å²) in [5.74, 6) is 0. The van der Waals surface area contributed by atoms with Crippen LogP contribution in [0.2, 0.25) is 0 Å². The maximum atomic E-state index is 3.87. The van der Waals surface area contributed by atoms with Gasteiger partial charge in [0, 0.05) is 4.83 Å². The van der Waals surface area contributed by atoms with Gasteiger partial charge in [-0.05, 0) is 35.8 Å². The summed E-state index contributed by atoms with van der Waals surface area (Å²) in [6, 6.07) is 31.1. The summed E-state index contributed by atoms with van der Waals surface area (Å²) < 4.78 is 0. The van der Waals surface area contributed by atoms with Gasteiger partial charge in [0.25, 0.3) is 0 Å². The van der Waals surface area contributed by atoms with Crippen LogP contribution in [0, 0.1) is 0 Å². The highest BCUT2D eigenvalue weighted by atomic mass is 79.9. The third-order valence-corrected chi connectivity index (χ3v) is 8.03. The first-order chi connectivity index (χ1) is 12.8. The summed E-state index contributed by atoms with van der Waals surface area (Å²) >= 11 is 3.87. The Labute approximate surface area is 167 Å². The lowest BCUT2D eigenvalue weighted by Gasteiger charge is -2.20. The SMILES string of the molecule is CCCCCC(Br)c1ccc(P(c2ccccc2)c2ccccc2)cc1. The van der Waals surface area contributed by atoms with Gasteiger partial charge in [0.1, 0.15) is 0 Å². The van der Waals surface area contributed by atoms with Crippen molar-refractivity contribution in [2.75, 3.05) is 0 Å². The Bertz CT molecular complexity index is 729. The molecule has 3 aromatic rings. The molecule has 0 heterocycles. The van der Waals surface area contributed by atoms with Crippen LogP contribution >= 0.6 is 23.9 Å². The minimum atomic E-state index is -0.507. The molecule has 0 aliphatic heterocycles. The van der Waals surface area contributed by atoms with E-state index < -0.39 is 7.92 Å². The van der Waals surface area contributed by atoms with E-state index in [0.29, 0.717) is 4.83 Å². The maximum Gasteiger partial charge on any atom is 0.0395 e. The predicted octanol–water partition coefficient (Wildman–Crippen LogP) is 6.46. The third-order valence-electron chi connectivity index (χ3n) is 4.60. The number of halogens is 1. The molecule has 0 saturated heterocycles. The van der Waals surface area contributed by atoms with Crippen LogP contribution < -0.4 is 15.9 Å². The Hall–Kier alpha value is -1.43. The standard InChI is InChI=1S/C24H26BrP/c1-2-3-6-15-24(25)20-16-18-23(19-17-20)26(21-11-7-4-8-12-21)22-13-9-5-10-14-22/h4-5,7-14,16-19,24H,2-3,6,15H2,1H3. The van der Waals surface area contributed by atoms with Crippen LogP contribution in [0.15, 0.2) is 84.9 Å². The van der Waals surface area contributed by atoms with Crippen molar-refractivity contribution in [3.63, 3.8) is 0 Å². The van der Waals surface area contributed by atoms with Crippen LogP contribution in [0.25, 0.3) is 0 Å². The number of rotatable bonds is 8. The molecule has 0 aliphatic carbocycles. The second kappa shape index (κ2) is 10.0. The number of unbranched alkanes of at least 4 members (excludes halogenated alkanes) is 2. The highest BCUT2D eigenvalue weighted by Gasteiger charge is 2.16. The van der Waals surface area contributed by atoms with Crippen molar-refractivity contribution >= 4 is 39.8 Å². The molecule has 1 atom stereocenters. The largest absolute Gasteiger partial charge is 0.0839 e. The first-order valence-corrected chi connectivity index (χ1v) is 11.7. The fourth-order valence-electron chi connectivity index (χ4n) is 3.17. The van der Waals surface area contributed by atoms with Gasteiger partial charge in [0.05, 0.1) is 0 Å². The molecule has 2 heteroatoms. The summed E-state index contributed by atoms with van der Waals surface area (Å²) in [5, 5.41) is 4.22. The van der Waals surface area contributed by atoms with Crippen molar-refractivity contribution in [2.24, 2.45) is 0 Å². The van der Waals surface area contributed by atoms with Crippen LogP contribution in [0.1, 0.15) is 43.0 Å². The van der Waals surface area contributed by atoms with E-state index in [-0.39, 0.29) is 0 Å². The second-order valence-electron chi connectivity index (χ2n) is 6.56. The van der Waals surface area contributed by atoms with E-state index in [1.807, 2.05) is 0 Å². The Morgan fingerprint density at radius 3 is 1.69 bits per heavy atom. The Morgan fingerprint density at radius 2 is 1.19 bits per heavy atom. The fraction of sp³-hybridized carbons (Fsp3) is 0.250. The number of alkyl halides is 1. The summed E-state index contributed by atoms with van der Waals surface area (Å²) in [5.41, 5.74) is 1.39. The average Bonchev–Trinajstić information content (AvgIpc) is 2.70. The topological polar surface area (TPSA) is 0 Å². The molecule has 0 aliphatic rings. The van der Waals surface area contributed by atoms with Crippen LogP contribution in [-0.2, 0) is 0 Å². The third kappa shape index (κ3) is 5.06. The first-order valence-electron chi connectivity index (χ1n) is 9.44. The molecule has 0 aromatic heterocycles. The number of benzene rings is 3. The molecule has 1 unspecified atom stereocenters. The van der Waals surface area contributed by atoms with Crippen molar-refractivity contribution < 1.29 is 0 Å². The van der Waals surface area contributed by atoms with Crippen molar-refractivity contribution in [1.29, 1.82) is 0 Å². The van der Waals surface area contributed by atoms with Crippen LogP contribution in [0.4, 0.5) is 0 Å². The molecular formula is C24H26BrP. The second-order valence-corrected chi connectivity index (χ2v) is 9.89. The minimum Gasteiger partial charge on any atom is -0.0839 e. The normalized spacial score (nSPS) is 12.3. The Kier molecular flexibility index (Phi) is 7.47. The molecule has 0 amide bonds. The van der Waals surface area contributed by atoms with Crippen LogP contribution in [0.5, 0.6) is 0 Å². The van der Waals surface area contributed by atoms with E-state index in [1.165, 1.54) is 47.2 Å². The van der Waals surface area contributed by atoms with E-state index in [9.17, 15) is 0 Å². The van der Waals surface area contributed by atoms with Crippen molar-refractivity contribution in [3.05, 3.63) is 90.5 Å². The summed E-state index contributed by atoms with van der Waals surface area (Å²) in [7, 11) is -0.507. The molecule has 0 fully saturated rings. The van der Waals surface area contributed by atoms with Crippen molar-refractivity contribution in [3.8, 4) is 0 Å². The lowest BCUT2D eigenvalue weighted by molar-refractivity contribution is 0.664. The molecule has 0 bridgehead atoms. The molecule has 0 spiro atoms. The van der Waals surface area contributed by atoms with E-state index in [2.05, 4.69) is 108 Å². The number of hydrogen-bond donors (Lipinski definition) is 0. The maximum absolute atomic E-state index is 3.87. The van der Waals surface area contributed by atoms with Gasteiger partial charge in [-0.25, -0.2) is 0 Å². The summed E-state index contributed by atoms with van der Waals surface area (Å²) in [6.45, 7) is 2.26. The Morgan fingerprint density at radius 1 is 0.692 bits per heavy atom. The van der Waals surface area contributed by atoms with Gasteiger partial charge in [-0.3, -0.25) is 0 Å². The van der Waals surface area contributed by atoms with E-state index in [1.54, 1.807) is 0 Å². The van der Waals surface area contributed by atoms with Gasteiger partial charge < -0.3 is 0 Å². The summed E-state index contributed by atoms with van der Waals surface area (Å²) in [4.78, 5) is 0.461. The molecule has 0 saturated carbocycles. The lowest BCUT2D eigenvalue weighted by Crippen LogP contribution is -2.20. The monoisotopic (exact) mass is 424 g/mol. The van der Waals surface area contributed by atoms with E-state index in [4.69, 9.17) is 0 Å². The fourth-order valence-corrected chi connectivity index (χ4v) is 6.08. The average molecular weight is 425 g/mol. The smallest absolute Gasteiger partial charge is 0.0395 e. The van der Waals surface area contributed by atoms with Crippen LogP contribution in [0.3, 0.4) is 0 Å². The van der Waals surface area contributed by atoms with Crippen LogP contribution in [-0.4, -0.2) is 0 Å². The van der Waals surface area contributed by atoms with E-state index in [0.717, 1.165) is 0 Å². The van der Waals surface area contributed by atoms with Gasteiger partial charge in [0.2, 0.25) is 0 Å². The molecule has 26 heavy (non-hydrogen) atoms. The van der Waals surface area contributed by atoms with Gasteiger partial charge in [-0.2, -0.15) is 0 Å². The van der Waals surface area contributed by atoms with Crippen molar-refractivity contribution in [1.82, 2.24) is 0 Å². The number of hydrogen-bond acceptors (Lipinski definition) is 0. The summed E-state index contributed by atoms with van der Waals surface area (Å²) in [6.07, 6.45) is 5.08. The predicted molar refractivity (Wildman–Crippen MR) is 121 cm³/mol. The molecule has 0 nitrogen and oxygen atoms in total. The molecule has 3 rings (SSSR count). The van der Waals surface area contributed by atoms with Crippen molar-refractivity contribution in [2.45, 2.75) is 37.4 Å². The quantitative estimate of drug-likeness (QED) is 0.221. The molecular weight excluding hydrogens is 399 g/mol. The van der Waals surface area contributed by atoms with Gasteiger partial charge in [-0.15, -0.1) is 0 Å². The molecule has 134 valence electrons. The molecule has 3 aromatic carbocycles. The molecule has 0 N–H and O–H groups in total. The van der Waals surface area contributed by atoms with Gasteiger partial charge in [0.15, 0.2) is 0 Å². The highest BCUT2D eigenvalue weighted by molar-refractivity contribution is 9.09. The molecule has 0 radical (unpaired) electrons. The lowest BCUT2D eigenvalue weighted by atomic mass is 10.1. The highest BCUT2D eigenvalue weighted by Crippen LogP contribution is 2.34. The minimum absolute atomic E-state index is 0.461.